The van der Waals surface area contributed by atoms with Crippen LogP contribution in [0.1, 0.15) is 77.8 Å². The smallest absolute Gasteiger partial charge is 0.405 e. The molecule has 17 heteroatoms. The van der Waals surface area contributed by atoms with Crippen LogP contribution in [-0.4, -0.2) is 94.3 Å². The monoisotopic (exact) mass is 758 g/mol. The van der Waals surface area contributed by atoms with Crippen LogP contribution in [0.5, 0.6) is 11.6 Å². The summed E-state index contributed by atoms with van der Waals surface area (Å²) in [6.45, 7) is 6.95. The third kappa shape index (κ3) is 7.62. The molecule has 3 heterocycles. The van der Waals surface area contributed by atoms with Crippen molar-refractivity contribution in [2.75, 3.05) is 13.7 Å². The highest BCUT2D eigenvalue weighted by molar-refractivity contribution is 7.91. The second-order valence-corrected chi connectivity index (χ2v) is 17.4. The minimum Gasteiger partial charge on any atom is -0.494 e. The van der Waals surface area contributed by atoms with E-state index in [2.05, 4.69) is 25.3 Å². The van der Waals surface area contributed by atoms with Crippen molar-refractivity contribution in [2.24, 2.45) is 17.8 Å². The number of ether oxygens (including phenoxy) is 2. The zero-order valence-electron chi connectivity index (χ0n) is 30.5. The van der Waals surface area contributed by atoms with Gasteiger partial charge in [-0.15, -0.1) is 0 Å². The zero-order chi connectivity index (χ0) is 38.5. The van der Waals surface area contributed by atoms with Crippen LogP contribution in [0.25, 0.3) is 11.0 Å². The van der Waals surface area contributed by atoms with Crippen molar-refractivity contribution in [3.63, 3.8) is 0 Å². The third-order valence-electron chi connectivity index (χ3n) is 11.2. The topological polar surface area (TPSA) is 206 Å². The Hall–Kier alpha value is -4.54. The summed E-state index contributed by atoms with van der Waals surface area (Å²) in [6, 6.07) is 0.161. The third-order valence-corrected chi connectivity index (χ3v) is 13.4. The summed E-state index contributed by atoms with van der Waals surface area (Å²) in [5.41, 5.74) is -0.711. The first-order valence-electron chi connectivity index (χ1n) is 18.0. The molecule has 2 saturated carbocycles. The molecule has 1 saturated heterocycles. The van der Waals surface area contributed by atoms with E-state index in [1.165, 1.54) is 24.1 Å². The number of fused-ring (bicyclic) bond motifs is 3. The highest BCUT2D eigenvalue weighted by Crippen LogP contribution is 2.47. The molecule has 4 amide bonds. The van der Waals surface area contributed by atoms with Gasteiger partial charge in [0.1, 0.15) is 29.4 Å². The van der Waals surface area contributed by atoms with E-state index < -0.39 is 80.0 Å². The second-order valence-electron chi connectivity index (χ2n) is 15.2. The maximum atomic E-state index is 14.5. The summed E-state index contributed by atoms with van der Waals surface area (Å²) >= 11 is 0. The number of hydrogen-bond donors (Lipinski definition) is 4. The number of amides is 4. The molecule has 4 N–H and O–H groups in total. The fourth-order valence-corrected chi connectivity index (χ4v) is 8.82. The Morgan fingerprint density at radius 3 is 2.55 bits per heavy atom. The van der Waals surface area contributed by atoms with Crippen molar-refractivity contribution < 1.29 is 46.6 Å². The minimum absolute atomic E-state index is 0.0439. The van der Waals surface area contributed by atoms with E-state index >= 15 is 0 Å². The maximum Gasteiger partial charge on any atom is 0.405 e. The summed E-state index contributed by atoms with van der Waals surface area (Å²) in [5, 5.41) is 15.1. The number of halogens is 1. The Balaban J connectivity index is 1.35. The van der Waals surface area contributed by atoms with Crippen LogP contribution in [0.2, 0.25) is 0 Å². The number of nitrogens with one attached hydrogen (secondary N) is 3. The maximum absolute atomic E-state index is 14.5. The predicted octanol–water partition coefficient (Wildman–Crippen LogP) is 3.35. The van der Waals surface area contributed by atoms with E-state index in [4.69, 9.17) is 9.47 Å². The molecular formula is C36H47FN6O9S. The standard InChI is InChI=1S/C36H47FN6O9S/c1-6-21-13-19(2)9-7-8-10-22-17-36(22,33(46)42-53(49,50)35(4)11-12-35)41-30(44)27-14-23(18-43(27)32(45)29(21)40-34(47)48)52-31-20(3)38-25-15-24(37)28(51-5)16-26(25)39-31/h8,10,15-16,19,21-23,27,29,40H,6-7,9,11-14,17-18H2,1-5H3,(H,41,44)(H,42,46)(H,47,48)/b10-8-/t19-,21-,22-,23-,27+,29+,36?/m1/s1. The van der Waals surface area contributed by atoms with Crippen molar-refractivity contribution in [3.05, 3.63) is 35.8 Å². The number of allylic oxidation sites excluding steroid dienone is 1. The normalized spacial score (nSPS) is 30.5. The molecule has 1 unspecified atom stereocenters. The Morgan fingerprint density at radius 2 is 1.89 bits per heavy atom. The molecule has 15 nitrogen and oxygen atoms in total. The Bertz CT molecular complexity index is 1960. The van der Waals surface area contributed by atoms with Gasteiger partial charge in [-0.05, 0) is 64.2 Å². The Kier molecular flexibility index (Phi) is 10.3. The zero-order valence-corrected chi connectivity index (χ0v) is 31.3. The van der Waals surface area contributed by atoms with Crippen LogP contribution in [0.15, 0.2) is 24.3 Å². The number of aryl methyl sites for hydroxylation is 1. The molecule has 7 atom stereocenters. The lowest BCUT2D eigenvalue weighted by molar-refractivity contribution is -0.142. The lowest BCUT2D eigenvalue weighted by Crippen LogP contribution is -2.59. The van der Waals surface area contributed by atoms with Gasteiger partial charge in [-0.1, -0.05) is 32.4 Å². The molecule has 288 valence electrons. The van der Waals surface area contributed by atoms with Crippen LogP contribution in [-0.2, 0) is 24.4 Å². The number of sulfonamides is 1. The summed E-state index contributed by atoms with van der Waals surface area (Å²) < 4.78 is 53.1. The van der Waals surface area contributed by atoms with Gasteiger partial charge < -0.3 is 30.1 Å². The molecule has 2 aliphatic heterocycles. The molecule has 0 bridgehead atoms. The van der Waals surface area contributed by atoms with Gasteiger partial charge in [0.15, 0.2) is 11.6 Å². The number of benzene rings is 1. The molecular weight excluding hydrogens is 711 g/mol. The van der Waals surface area contributed by atoms with Crippen molar-refractivity contribution in [3.8, 4) is 11.6 Å². The molecule has 53 heavy (non-hydrogen) atoms. The average Bonchev–Trinajstić information content (AvgIpc) is 3.98. The van der Waals surface area contributed by atoms with E-state index in [1.54, 1.807) is 13.8 Å². The number of methoxy groups -OCH3 is 1. The van der Waals surface area contributed by atoms with E-state index in [0.717, 1.165) is 6.42 Å². The lowest BCUT2D eigenvalue weighted by Gasteiger charge is -2.33. The first-order valence-corrected chi connectivity index (χ1v) is 19.5. The first kappa shape index (κ1) is 38.2. The second kappa shape index (κ2) is 14.4. The summed E-state index contributed by atoms with van der Waals surface area (Å²) in [4.78, 5) is 64.9. The number of carboxylic acid groups (broad SMARTS) is 1. The number of nitrogens with zero attached hydrogens (tertiary/aromatic N) is 3. The molecule has 1 aromatic carbocycles. The lowest BCUT2D eigenvalue weighted by atomic mass is 9.85. The first-order chi connectivity index (χ1) is 25.0. The molecule has 1 aromatic heterocycles. The number of carbonyl (C=O) groups excluding carboxylic acids is 3. The van der Waals surface area contributed by atoms with Gasteiger partial charge in [0.25, 0.3) is 5.91 Å². The molecule has 3 fully saturated rings. The fraction of sp³-hybridized carbons (Fsp3) is 0.611. The number of hydrogen-bond acceptors (Lipinski definition) is 10. The fourth-order valence-electron chi connectivity index (χ4n) is 7.50. The van der Waals surface area contributed by atoms with E-state index in [-0.39, 0.29) is 48.0 Å². The van der Waals surface area contributed by atoms with Gasteiger partial charge in [0.05, 0.1) is 29.4 Å². The number of carbonyl (C=O) groups is 4. The quantitative estimate of drug-likeness (QED) is 0.287. The van der Waals surface area contributed by atoms with Crippen molar-refractivity contribution in [2.45, 2.75) is 108 Å². The molecule has 2 aromatic rings. The van der Waals surface area contributed by atoms with Crippen LogP contribution < -0.4 is 24.8 Å². The number of rotatable bonds is 8. The SMILES string of the molecule is CC[C@@H]1C[C@H](C)CC/C=C\[C@@H]2CC2(C(=O)NS(=O)(=O)C2(C)CC2)NC(=O)[C@@H]2C[C@@H](Oc3nc4cc(OC)c(F)cc4nc3C)CN2C(=O)[C@H]1NC(=O)O. The summed E-state index contributed by atoms with van der Waals surface area (Å²) in [7, 11) is -2.71. The molecule has 6 rings (SSSR count). The Morgan fingerprint density at radius 1 is 1.17 bits per heavy atom. The average molecular weight is 759 g/mol. The largest absolute Gasteiger partial charge is 0.494 e. The highest BCUT2D eigenvalue weighted by Gasteiger charge is 2.63. The van der Waals surface area contributed by atoms with Crippen molar-refractivity contribution in [1.29, 1.82) is 0 Å². The molecule has 4 aliphatic rings. The predicted molar refractivity (Wildman–Crippen MR) is 190 cm³/mol. The summed E-state index contributed by atoms with van der Waals surface area (Å²) in [6.07, 6.45) is 4.80. The van der Waals surface area contributed by atoms with Gasteiger partial charge in [-0.3, -0.25) is 19.1 Å². The van der Waals surface area contributed by atoms with Crippen LogP contribution >= 0.6 is 0 Å². The van der Waals surface area contributed by atoms with Gasteiger partial charge >= 0.3 is 6.09 Å². The molecule has 0 spiro atoms. The molecule has 0 radical (unpaired) electrons. The van der Waals surface area contributed by atoms with E-state index in [0.29, 0.717) is 37.8 Å². The van der Waals surface area contributed by atoms with Crippen molar-refractivity contribution >= 4 is 44.9 Å². The van der Waals surface area contributed by atoms with Gasteiger partial charge in [-0.2, -0.15) is 0 Å². The van der Waals surface area contributed by atoms with Crippen LogP contribution in [0.4, 0.5) is 9.18 Å². The number of aromatic nitrogens is 2. The van der Waals surface area contributed by atoms with E-state index in [9.17, 15) is 37.1 Å². The molecule has 2 aliphatic carbocycles. The van der Waals surface area contributed by atoms with Gasteiger partial charge in [0, 0.05) is 24.5 Å². The van der Waals surface area contributed by atoms with Gasteiger partial charge in [0.2, 0.25) is 27.7 Å². The van der Waals surface area contributed by atoms with Gasteiger partial charge in [-0.25, -0.2) is 27.6 Å². The Labute approximate surface area is 307 Å². The highest BCUT2D eigenvalue weighted by atomic mass is 32.2. The van der Waals surface area contributed by atoms with Crippen molar-refractivity contribution in [1.82, 2.24) is 30.2 Å². The summed E-state index contributed by atoms with van der Waals surface area (Å²) in [5.74, 6) is -3.55. The minimum atomic E-state index is -4.03. The van der Waals surface area contributed by atoms with Crippen LogP contribution in [0, 0.1) is 30.5 Å². The van der Waals surface area contributed by atoms with Crippen LogP contribution in [0.3, 0.4) is 0 Å². The van der Waals surface area contributed by atoms with E-state index in [1.807, 2.05) is 26.0 Å².